The fourth-order valence-corrected chi connectivity index (χ4v) is 4.97. The van der Waals surface area contributed by atoms with E-state index in [0.717, 1.165) is 5.75 Å². The molecular weight excluding hydrogens is 232 g/mol. The molecule has 0 aliphatic carbocycles. The van der Waals surface area contributed by atoms with E-state index in [4.69, 9.17) is 4.74 Å². The van der Waals surface area contributed by atoms with Crippen molar-refractivity contribution in [3.8, 4) is 0 Å². The largest absolute Gasteiger partial charge is 0.458 e. The minimum atomic E-state index is -1.10. The highest BCUT2D eigenvalue weighted by atomic mass is 32.2. The maximum Gasteiger partial charge on any atom is 0.335 e. The van der Waals surface area contributed by atoms with Crippen molar-refractivity contribution >= 4 is 28.5 Å². The van der Waals surface area contributed by atoms with Gasteiger partial charge >= 0.3 is 5.97 Å². The van der Waals surface area contributed by atoms with Gasteiger partial charge in [-0.05, 0) is 27.2 Å². The molecule has 0 aromatic carbocycles. The van der Waals surface area contributed by atoms with E-state index in [0.29, 0.717) is 12.2 Å². The molecule has 0 amide bonds. The number of esters is 1. The summed E-state index contributed by atoms with van der Waals surface area (Å²) in [5, 5.41) is 0. The molecule has 1 unspecified atom stereocenters. The van der Waals surface area contributed by atoms with Crippen molar-refractivity contribution in [1.29, 1.82) is 0 Å². The minimum absolute atomic E-state index is 0.321. The average Bonchev–Trinajstić information content (AvgIpc) is 2.44. The molecule has 1 aliphatic heterocycles. The molecule has 15 heavy (non-hydrogen) atoms. The highest BCUT2D eigenvalue weighted by Gasteiger charge is 2.49. The van der Waals surface area contributed by atoms with E-state index >= 15 is 0 Å². The van der Waals surface area contributed by atoms with Gasteiger partial charge in [0.15, 0.2) is 4.08 Å². The van der Waals surface area contributed by atoms with Crippen LogP contribution in [0.4, 0.5) is 0 Å². The molecule has 1 aliphatic rings. The van der Waals surface area contributed by atoms with Gasteiger partial charge in [-0.15, -0.1) is 11.8 Å². The fourth-order valence-electron chi connectivity index (χ4n) is 1.43. The summed E-state index contributed by atoms with van der Waals surface area (Å²) in [6, 6.07) is 0. The van der Waals surface area contributed by atoms with Crippen LogP contribution >= 0.6 is 11.8 Å². The van der Waals surface area contributed by atoms with Crippen molar-refractivity contribution in [3.05, 3.63) is 0 Å². The molecule has 0 aromatic rings. The second-order valence-corrected chi connectivity index (χ2v) is 7.95. The molecule has 2 atom stereocenters. The van der Waals surface area contributed by atoms with E-state index < -0.39 is 20.5 Å². The van der Waals surface area contributed by atoms with E-state index in [1.807, 2.05) is 27.7 Å². The first-order valence-corrected chi connectivity index (χ1v) is 7.38. The van der Waals surface area contributed by atoms with Crippen molar-refractivity contribution in [2.24, 2.45) is 0 Å². The van der Waals surface area contributed by atoms with Gasteiger partial charge in [-0.2, -0.15) is 0 Å². The van der Waals surface area contributed by atoms with Gasteiger partial charge in [0.1, 0.15) is 5.60 Å². The lowest BCUT2D eigenvalue weighted by Gasteiger charge is -2.28. The zero-order valence-electron chi connectivity index (χ0n) is 9.66. The normalized spacial score (nSPS) is 31.6. The molecule has 1 rings (SSSR count). The Morgan fingerprint density at radius 3 is 2.47 bits per heavy atom. The van der Waals surface area contributed by atoms with E-state index in [1.54, 1.807) is 0 Å². The van der Waals surface area contributed by atoms with Crippen molar-refractivity contribution in [3.63, 3.8) is 0 Å². The van der Waals surface area contributed by atoms with Crippen LogP contribution in [-0.2, 0) is 20.3 Å². The molecule has 0 bridgehead atoms. The van der Waals surface area contributed by atoms with Gasteiger partial charge in [-0.1, -0.05) is 6.92 Å². The number of hydrogen-bond acceptors (Lipinski definition) is 4. The Morgan fingerprint density at radius 1 is 1.53 bits per heavy atom. The zero-order valence-corrected chi connectivity index (χ0v) is 11.3. The molecule has 0 radical (unpaired) electrons. The monoisotopic (exact) mass is 250 g/mol. The molecule has 3 nitrogen and oxygen atoms in total. The SMILES string of the molecule is CC[C@@]1(C(=O)OC(C)(C)C)SCCS1=O. The lowest BCUT2D eigenvalue weighted by molar-refractivity contribution is -0.155. The second-order valence-electron chi connectivity index (χ2n) is 4.51. The summed E-state index contributed by atoms with van der Waals surface area (Å²) >= 11 is 1.47. The Kier molecular flexibility index (Phi) is 3.87. The van der Waals surface area contributed by atoms with Crippen molar-refractivity contribution < 1.29 is 13.7 Å². The number of rotatable bonds is 2. The first-order valence-electron chi connectivity index (χ1n) is 5.08. The number of ether oxygens (including phenoxy) is 1. The summed E-state index contributed by atoms with van der Waals surface area (Å²) in [5.41, 5.74) is -0.507. The predicted octanol–water partition coefficient (Wildman–Crippen LogP) is 1.93. The van der Waals surface area contributed by atoms with Crippen molar-refractivity contribution in [2.45, 2.75) is 43.8 Å². The summed E-state index contributed by atoms with van der Waals surface area (Å²) in [6.45, 7) is 7.38. The van der Waals surface area contributed by atoms with Crippen LogP contribution in [-0.4, -0.2) is 31.4 Å². The second kappa shape index (κ2) is 4.45. The maximum absolute atomic E-state index is 12.0. The molecule has 0 spiro atoms. The predicted molar refractivity (Wildman–Crippen MR) is 64.3 cm³/mol. The Morgan fingerprint density at radius 2 is 2.13 bits per heavy atom. The van der Waals surface area contributed by atoms with E-state index in [2.05, 4.69) is 0 Å². The van der Waals surface area contributed by atoms with Gasteiger partial charge in [0.25, 0.3) is 0 Å². The van der Waals surface area contributed by atoms with Crippen LogP contribution in [0.2, 0.25) is 0 Å². The molecule has 88 valence electrons. The van der Waals surface area contributed by atoms with Gasteiger partial charge in [0.2, 0.25) is 0 Å². The van der Waals surface area contributed by atoms with Gasteiger partial charge in [0.05, 0.1) is 0 Å². The standard InChI is InChI=1S/C10H18O3S2/c1-5-10(14-6-7-15(10)12)8(11)13-9(2,3)4/h5-7H2,1-4H3/t10-,15?/m1/s1. The molecular formula is C10H18O3S2. The van der Waals surface area contributed by atoms with Crippen molar-refractivity contribution in [1.82, 2.24) is 0 Å². The maximum atomic E-state index is 12.0. The number of carbonyl (C=O) groups is 1. The topological polar surface area (TPSA) is 43.4 Å². The van der Waals surface area contributed by atoms with Crippen LogP contribution in [0.3, 0.4) is 0 Å². The minimum Gasteiger partial charge on any atom is -0.458 e. The van der Waals surface area contributed by atoms with Crippen LogP contribution < -0.4 is 0 Å². The summed E-state index contributed by atoms with van der Waals surface area (Å²) in [7, 11) is -1.10. The lowest BCUT2D eigenvalue weighted by atomic mass is 10.2. The van der Waals surface area contributed by atoms with Crippen LogP contribution in [0.5, 0.6) is 0 Å². The Hall–Kier alpha value is -0.0300. The van der Waals surface area contributed by atoms with Crippen LogP contribution in [0, 0.1) is 0 Å². The number of hydrogen-bond donors (Lipinski definition) is 0. The number of carbonyl (C=O) groups excluding carboxylic acids is 1. The van der Waals surface area contributed by atoms with Gasteiger partial charge in [-0.25, -0.2) is 4.79 Å². The fraction of sp³-hybridized carbons (Fsp3) is 0.900. The van der Waals surface area contributed by atoms with Gasteiger partial charge < -0.3 is 4.74 Å². The Bertz CT molecular complexity index is 283. The van der Waals surface area contributed by atoms with E-state index in [-0.39, 0.29) is 5.97 Å². The van der Waals surface area contributed by atoms with Crippen LogP contribution in [0.15, 0.2) is 0 Å². The van der Waals surface area contributed by atoms with E-state index in [9.17, 15) is 9.00 Å². The first-order chi connectivity index (χ1) is 6.82. The van der Waals surface area contributed by atoms with Crippen molar-refractivity contribution in [2.75, 3.05) is 11.5 Å². The third-order valence-corrected chi connectivity index (χ3v) is 6.41. The molecule has 0 aromatic heterocycles. The number of thioether (sulfide) groups is 1. The molecule has 0 saturated carbocycles. The Balaban J connectivity index is 2.83. The first kappa shape index (κ1) is 13.0. The summed E-state index contributed by atoms with van der Waals surface area (Å²) < 4.78 is 16.4. The summed E-state index contributed by atoms with van der Waals surface area (Å²) in [6.07, 6.45) is 0.569. The Labute approximate surface area is 97.8 Å². The summed E-state index contributed by atoms with van der Waals surface area (Å²) in [4.78, 5) is 12.0. The quantitative estimate of drug-likeness (QED) is 0.702. The van der Waals surface area contributed by atoms with E-state index in [1.165, 1.54) is 11.8 Å². The molecule has 5 heteroatoms. The molecule has 1 saturated heterocycles. The van der Waals surface area contributed by atoms with Crippen LogP contribution in [0.1, 0.15) is 34.1 Å². The molecule has 0 N–H and O–H groups in total. The zero-order chi connectivity index (χ0) is 11.7. The third kappa shape index (κ3) is 2.75. The smallest absolute Gasteiger partial charge is 0.335 e. The lowest BCUT2D eigenvalue weighted by Crippen LogP contribution is -2.41. The third-order valence-electron chi connectivity index (χ3n) is 2.15. The highest BCUT2D eigenvalue weighted by molar-refractivity contribution is 8.16. The van der Waals surface area contributed by atoms with Gasteiger partial charge in [0, 0.05) is 22.3 Å². The van der Waals surface area contributed by atoms with Crippen LogP contribution in [0.25, 0.3) is 0 Å². The average molecular weight is 250 g/mol. The molecule has 1 fully saturated rings. The molecule has 1 heterocycles. The summed E-state index contributed by atoms with van der Waals surface area (Å²) in [5.74, 6) is 1.05. The van der Waals surface area contributed by atoms with Gasteiger partial charge in [-0.3, -0.25) is 4.21 Å². The highest BCUT2D eigenvalue weighted by Crippen LogP contribution is 2.40.